The first kappa shape index (κ1) is 16.6. The Balaban J connectivity index is 1.56. The molecule has 2 aromatic carbocycles. The average molecular weight is 343 g/mol. The van der Waals surface area contributed by atoms with Crippen LogP contribution in [0, 0.1) is 0 Å². The first-order valence-electron chi connectivity index (χ1n) is 7.76. The van der Waals surface area contributed by atoms with Crippen LogP contribution in [0.1, 0.15) is 17.3 Å². The Morgan fingerprint density at radius 1 is 1.12 bits per heavy atom. The van der Waals surface area contributed by atoms with Crippen LogP contribution in [0.2, 0.25) is 0 Å². The quantitative estimate of drug-likeness (QED) is 0.812. The summed E-state index contributed by atoms with van der Waals surface area (Å²) >= 11 is 0. The Morgan fingerprint density at radius 3 is 2.76 bits per heavy atom. The van der Waals surface area contributed by atoms with Crippen LogP contribution in [0.15, 0.2) is 42.5 Å². The maximum Gasteiger partial charge on any atom is 0.342 e. The summed E-state index contributed by atoms with van der Waals surface area (Å²) in [5.41, 5.74) is 0.806. The Morgan fingerprint density at radius 2 is 1.92 bits per heavy atom. The molecule has 0 unspecified atom stereocenters. The van der Waals surface area contributed by atoms with Crippen molar-refractivity contribution in [3.8, 4) is 17.2 Å². The van der Waals surface area contributed by atoms with Crippen molar-refractivity contribution in [3.63, 3.8) is 0 Å². The number of fused-ring (bicyclic) bond motifs is 1. The van der Waals surface area contributed by atoms with Crippen molar-refractivity contribution in [2.24, 2.45) is 0 Å². The molecule has 0 aromatic heterocycles. The normalized spacial score (nSPS) is 11.7. The summed E-state index contributed by atoms with van der Waals surface area (Å²) in [5, 5.41) is 2.64. The third-order valence-electron chi connectivity index (χ3n) is 3.40. The molecule has 1 aliphatic rings. The molecule has 25 heavy (non-hydrogen) atoms. The van der Waals surface area contributed by atoms with Gasteiger partial charge in [-0.2, -0.15) is 0 Å². The van der Waals surface area contributed by atoms with Crippen molar-refractivity contribution in [1.29, 1.82) is 0 Å². The van der Waals surface area contributed by atoms with Crippen LogP contribution in [0.5, 0.6) is 17.2 Å². The summed E-state index contributed by atoms with van der Waals surface area (Å²) in [6.07, 6.45) is 0. The van der Waals surface area contributed by atoms with E-state index in [0.29, 0.717) is 29.5 Å². The predicted octanol–water partition coefficient (Wildman–Crippen LogP) is 2.61. The van der Waals surface area contributed by atoms with Gasteiger partial charge in [-0.25, -0.2) is 4.79 Å². The van der Waals surface area contributed by atoms with Crippen LogP contribution < -0.4 is 19.5 Å². The molecular formula is C18H17NO6. The number of nitrogens with one attached hydrogen (secondary N) is 1. The van der Waals surface area contributed by atoms with Crippen LogP contribution in [0.4, 0.5) is 5.69 Å². The average Bonchev–Trinajstić information content (AvgIpc) is 3.08. The molecule has 0 spiro atoms. The van der Waals surface area contributed by atoms with Crippen molar-refractivity contribution in [2.45, 2.75) is 6.92 Å². The highest BCUT2D eigenvalue weighted by molar-refractivity contribution is 5.96. The Kier molecular flexibility index (Phi) is 5.03. The van der Waals surface area contributed by atoms with Gasteiger partial charge in [0.1, 0.15) is 11.3 Å². The molecule has 0 radical (unpaired) electrons. The van der Waals surface area contributed by atoms with E-state index in [1.54, 1.807) is 42.5 Å². The fraction of sp³-hybridized carbons (Fsp3) is 0.222. The molecule has 0 aliphatic carbocycles. The van der Waals surface area contributed by atoms with Gasteiger partial charge in [0.25, 0.3) is 5.91 Å². The van der Waals surface area contributed by atoms with Crippen molar-refractivity contribution >= 4 is 17.6 Å². The first-order valence-corrected chi connectivity index (χ1v) is 7.76. The molecule has 1 amide bonds. The molecule has 2 aromatic rings. The smallest absolute Gasteiger partial charge is 0.342 e. The number of ether oxygens (including phenoxy) is 4. The van der Waals surface area contributed by atoms with Crippen molar-refractivity contribution in [3.05, 3.63) is 48.0 Å². The van der Waals surface area contributed by atoms with Crippen molar-refractivity contribution in [2.75, 3.05) is 25.3 Å². The monoisotopic (exact) mass is 343 g/mol. The van der Waals surface area contributed by atoms with E-state index < -0.39 is 18.5 Å². The Bertz CT molecular complexity index is 789. The van der Waals surface area contributed by atoms with Crippen molar-refractivity contribution < 1.29 is 28.5 Å². The Labute approximate surface area is 144 Å². The maximum absolute atomic E-state index is 12.1. The van der Waals surface area contributed by atoms with E-state index in [2.05, 4.69) is 5.32 Å². The van der Waals surface area contributed by atoms with Gasteiger partial charge in [0.05, 0.1) is 6.61 Å². The molecule has 0 bridgehead atoms. The highest BCUT2D eigenvalue weighted by Gasteiger charge is 2.17. The molecule has 130 valence electrons. The summed E-state index contributed by atoms with van der Waals surface area (Å²) in [7, 11) is 0. The second-order valence-corrected chi connectivity index (χ2v) is 5.12. The van der Waals surface area contributed by atoms with Crippen LogP contribution in [0.3, 0.4) is 0 Å². The van der Waals surface area contributed by atoms with Gasteiger partial charge in [0.2, 0.25) is 6.79 Å². The second kappa shape index (κ2) is 7.57. The lowest BCUT2D eigenvalue weighted by Crippen LogP contribution is -2.21. The molecule has 7 heteroatoms. The van der Waals surface area contributed by atoms with Crippen molar-refractivity contribution in [1.82, 2.24) is 0 Å². The molecule has 0 saturated heterocycles. The van der Waals surface area contributed by atoms with Gasteiger partial charge in [-0.05, 0) is 31.2 Å². The lowest BCUT2D eigenvalue weighted by molar-refractivity contribution is -0.119. The fourth-order valence-corrected chi connectivity index (χ4v) is 2.30. The number of carbonyl (C=O) groups excluding carboxylic acids is 2. The zero-order valence-electron chi connectivity index (χ0n) is 13.6. The molecule has 0 atom stereocenters. The SMILES string of the molecule is CCOc1ccccc1C(=O)OCC(=O)Nc1ccc2c(c1)OCO2. The predicted molar refractivity (Wildman–Crippen MR) is 89.1 cm³/mol. The summed E-state index contributed by atoms with van der Waals surface area (Å²) in [5.74, 6) is 0.523. The first-order chi connectivity index (χ1) is 12.2. The molecule has 7 nitrogen and oxygen atoms in total. The van der Waals surface area contributed by atoms with Gasteiger partial charge < -0.3 is 24.3 Å². The zero-order valence-corrected chi connectivity index (χ0v) is 13.6. The molecule has 1 aliphatic heterocycles. The van der Waals surface area contributed by atoms with E-state index in [9.17, 15) is 9.59 Å². The van der Waals surface area contributed by atoms with E-state index in [1.165, 1.54) is 0 Å². The second-order valence-electron chi connectivity index (χ2n) is 5.12. The maximum atomic E-state index is 12.1. The number of anilines is 1. The van der Waals surface area contributed by atoms with E-state index in [0.717, 1.165) is 0 Å². The molecule has 3 rings (SSSR count). The largest absolute Gasteiger partial charge is 0.493 e. The molecule has 0 saturated carbocycles. The van der Waals surface area contributed by atoms with Gasteiger partial charge in [-0.1, -0.05) is 12.1 Å². The lowest BCUT2D eigenvalue weighted by atomic mass is 10.2. The molecular weight excluding hydrogens is 326 g/mol. The summed E-state index contributed by atoms with van der Waals surface area (Å²) in [6.45, 7) is 1.99. The third-order valence-corrected chi connectivity index (χ3v) is 3.40. The van der Waals surface area contributed by atoms with Crippen LogP contribution in [0.25, 0.3) is 0 Å². The van der Waals surface area contributed by atoms with E-state index in [4.69, 9.17) is 18.9 Å². The van der Waals surface area contributed by atoms with E-state index in [1.807, 2.05) is 6.92 Å². The minimum atomic E-state index is -0.620. The summed E-state index contributed by atoms with van der Waals surface area (Å²) in [6, 6.07) is 11.7. The van der Waals surface area contributed by atoms with Crippen LogP contribution in [-0.2, 0) is 9.53 Å². The molecule has 0 fully saturated rings. The standard InChI is InChI=1S/C18H17NO6/c1-2-22-14-6-4-3-5-13(14)18(21)23-10-17(20)19-12-7-8-15-16(9-12)25-11-24-15/h3-9H,2,10-11H2,1H3,(H,19,20). The molecule has 1 heterocycles. The van der Waals surface area contributed by atoms with Crippen LogP contribution >= 0.6 is 0 Å². The number of esters is 1. The van der Waals surface area contributed by atoms with Crippen LogP contribution in [-0.4, -0.2) is 31.9 Å². The number of rotatable bonds is 6. The van der Waals surface area contributed by atoms with E-state index >= 15 is 0 Å². The third kappa shape index (κ3) is 4.00. The van der Waals surface area contributed by atoms with Gasteiger partial charge in [0.15, 0.2) is 18.1 Å². The lowest BCUT2D eigenvalue weighted by Gasteiger charge is -2.10. The minimum absolute atomic E-state index is 0.156. The highest BCUT2D eigenvalue weighted by atomic mass is 16.7. The summed E-state index contributed by atoms with van der Waals surface area (Å²) < 4.78 is 20.9. The molecule has 1 N–H and O–H groups in total. The van der Waals surface area contributed by atoms with E-state index in [-0.39, 0.29) is 12.4 Å². The fourth-order valence-electron chi connectivity index (χ4n) is 2.30. The zero-order chi connectivity index (χ0) is 17.6. The number of hydrogen-bond acceptors (Lipinski definition) is 6. The number of para-hydroxylation sites is 1. The topological polar surface area (TPSA) is 83.1 Å². The number of benzene rings is 2. The van der Waals surface area contributed by atoms with Gasteiger partial charge in [0, 0.05) is 11.8 Å². The van der Waals surface area contributed by atoms with Gasteiger partial charge >= 0.3 is 5.97 Å². The number of amides is 1. The Hall–Kier alpha value is -3.22. The minimum Gasteiger partial charge on any atom is -0.493 e. The summed E-state index contributed by atoms with van der Waals surface area (Å²) in [4.78, 5) is 24.1. The highest BCUT2D eigenvalue weighted by Crippen LogP contribution is 2.34. The number of carbonyl (C=O) groups is 2. The van der Waals surface area contributed by atoms with Gasteiger partial charge in [-0.3, -0.25) is 4.79 Å². The number of hydrogen-bond donors (Lipinski definition) is 1. The van der Waals surface area contributed by atoms with Gasteiger partial charge in [-0.15, -0.1) is 0 Å².